The fourth-order valence-corrected chi connectivity index (χ4v) is 2.59. The molecule has 1 heterocycles. The van der Waals surface area contributed by atoms with E-state index >= 15 is 0 Å². The molecule has 1 aliphatic rings. The van der Waals surface area contributed by atoms with Crippen molar-refractivity contribution in [3.63, 3.8) is 0 Å². The summed E-state index contributed by atoms with van der Waals surface area (Å²) in [5, 5.41) is 3.54. The van der Waals surface area contributed by atoms with Crippen molar-refractivity contribution in [3.8, 4) is 0 Å². The molecule has 0 aliphatic carbocycles. The number of halogens is 2. The maximum atomic E-state index is 13.2. The van der Waals surface area contributed by atoms with E-state index in [1.807, 2.05) is 20.8 Å². The first-order chi connectivity index (χ1) is 9.78. The summed E-state index contributed by atoms with van der Waals surface area (Å²) >= 11 is 6.12. The Hall–Kier alpha value is -1.33. The fraction of sp³-hybridized carbons (Fsp3) is 0.533. The van der Waals surface area contributed by atoms with E-state index in [-0.39, 0.29) is 12.1 Å². The van der Waals surface area contributed by atoms with Crippen LogP contribution in [0.15, 0.2) is 18.2 Å². The van der Waals surface area contributed by atoms with Crippen molar-refractivity contribution in [3.05, 3.63) is 34.6 Å². The molecule has 6 heteroatoms. The Kier molecular flexibility index (Phi) is 4.74. The standard InChI is InChI=1S/C15H20ClFN2O2/c1-15(2,3)21-14(20)19-7-6-18-9-13(19)11-5-4-10(17)8-12(11)16/h4-5,8,13,18H,6-7,9H2,1-3H3. The van der Waals surface area contributed by atoms with E-state index in [1.54, 1.807) is 11.0 Å². The Labute approximate surface area is 129 Å². The normalized spacial score (nSPS) is 19.5. The molecule has 1 amide bonds. The molecule has 0 saturated carbocycles. The molecule has 1 atom stereocenters. The van der Waals surface area contributed by atoms with Crippen molar-refractivity contribution in [2.45, 2.75) is 32.4 Å². The molecule has 1 fully saturated rings. The van der Waals surface area contributed by atoms with Crippen molar-refractivity contribution in [1.82, 2.24) is 10.2 Å². The van der Waals surface area contributed by atoms with E-state index in [2.05, 4.69) is 5.32 Å². The van der Waals surface area contributed by atoms with E-state index < -0.39 is 11.4 Å². The highest BCUT2D eigenvalue weighted by atomic mass is 35.5. The van der Waals surface area contributed by atoms with Gasteiger partial charge < -0.3 is 10.1 Å². The number of amides is 1. The van der Waals surface area contributed by atoms with Gasteiger partial charge >= 0.3 is 6.09 Å². The quantitative estimate of drug-likeness (QED) is 0.864. The molecule has 21 heavy (non-hydrogen) atoms. The second kappa shape index (κ2) is 6.20. The van der Waals surface area contributed by atoms with Crippen LogP contribution in [0.2, 0.25) is 5.02 Å². The third kappa shape index (κ3) is 4.08. The highest BCUT2D eigenvalue weighted by Gasteiger charge is 2.32. The molecule has 1 aromatic carbocycles. The highest BCUT2D eigenvalue weighted by Crippen LogP contribution is 2.30. The first-order valence-corrected chi connectivity index (χ1v) is 7.31. The number of piperazine rings is 1. The average Bonchev–Trinajstić information content (AvgIpc) is 2.37. The number of nitrogens with zero attached hydrogens (tertiary/aromatic N) is 1. The molecule has 116 valence electrons. The Morgan fingerprint density at radius 3 is 2.81 bits per heavy atom. The summed E-state index contributed by atoms with van der Waals surface area (Å²) in [7, 11) is 0. The van der Waals surface area contributed by atoms with Gasteiger partial charge in [-0.15, -0.1) is 0 Å². The Morgan fingerprint density at radius 1 is 1.48 bits per heavy atom. The SMILES string of the molecule is CC(C)(C)OC(=O)N1CCNCC1c1ccc(F)cc1Cl. The summed E-state index contributed by atoms with van der Waals surface area (Å²) in [6, 6.07) is 3.97. The fourth-order valence-electron chi connectivity index (χ4n) is 2.29. The first-order valence-electron chi connectivity index (χ1n) is 6.93. The van der Waals surface area contributed by atoms with Crippen LogP contribution in [0.1, 0.15) is 32.4 Å². The summed E-state index contributed by atoms with van der Waals surface area (Å²) in [5.74, 6) is -0.392. The lowest BCUT2D eigenvalue weighted by atomic mass is 10.0. The molecular weight excluding hydrogens is 295 g/mol. The second-order valence-corrected chi connectivity index (χ2v) is 6.47. The van der Waals surface area contributed by atoms with Gasteiger partial charge in [-0.25, -0.2) is 9.18 Å². The van der Waals surface area contributed by atoms with Gasteiger partial charge in [0.1, 0.15) is 11.4 Å². The lowest BCUT2D eigenvalue weighted by molar-refractivity contribution is 0.0118. The van der Waals surface area contributed by atoms with Crippen molar-refractivity contribution in [2.75, 3.05) is 19.6 Å². The van der Waals surface area contributed by atoms with Crippen molar-refractivity contribution in [1.29, 1.82) is 0 Å². The van der Waals surface area contributed by atoms with Crippen LogP contribution < -0.4 is 5.32 Å². The predicted molar refractivity (Wildman–Crippen MR) is 80.0 cm³/mol. The Bertz CT molecular complexity index is 531. The number of carbonyl (C=O) groups excluding carboxylic acids is 1. The van der Waals surface area contributed by atoms with Crippen molar-refractivity contribution >= 4 is 17.7 Å². The zero-order valence-corrected chi connectivity index (χ0v) is 13.2. The number of carbonyl (C=O) groups is 1. The number of nitrogens with one attached hydrogen (secondary N) is 1. The minimum Gasteiger partial charge on any atom is -0.444 e. The van der Waals surface area contributed by atoms with Crippen LogP contribution in [0.4, 0.5) is 9.18 Å². The third-order valence-corrected chi connectivity index (χ3v) is 3.52. The molecule has 4 nitrogen and oxygen atoms in total. The van der Waals surface area contributed by atoms with Crippen LogP contribution in [-0.4, -0.2) is 36.2 Å². The van der Waals surface area contributed by atoms with Gasteiger partial charge in [0.2, 0.25) is 0 Å². The molecule has 0 bridgehead atoms. The number of hydrogen-bond donors (Lipinski definition) is 1. The number of ether oxygens (including phenoxy) is 1. The molecule has 1 saturated heterocycles. The van der Waals surface area contributed by atoms with Gasteiger partial charge in [-0.1, -0.05) is 17.7 Å². The maximum absolute atomic E-state index is 13.2. The zero-order valence-electron chi connectivity index (χ0n) is 12.5. The first kappa shape index (κ1) is 16.0. The molecule has 1 N–H and O–H groups in total. The van der Waals surface area contributed by atoms with Crippen LogP contribution in [0.3, 0.4) is 0 Å². The molecule has 0 aromatic heterocycles. The van der Waals surface area contributed by atoms with E-state index in [9.17, 15) is 9.18 Å². The van der Waals surface area contributed by atoms with E-state index in [0.717, 1.165) is 5.56 Å². The molecule has 0 radical (unpaired) electrons. The molecule has 1 aromatic rings. The Morgan fingerprint density at radius 2 is 2.19 bits per heavy atom. The molecule has 1 aliphatic heterocycles. The molecular formula is C15H20ClFN2O2. The van der Waals surface area contributed by atoms with Crippen LogP contribution in [0.25, 0.3) is 0 Å². The van der Waals surface area contributed by atoms with E-state index in [4.69, 9.17) is 16.3 Å². The van der Waals surface area contributed by atoms with Crippen molar-refractivity contribution in [2.24, 2.45) is 0 Å². The summed E-state index contributed by atoms with van der Waals surface area (Å²) < 4.78 is 18.6. The van der Waals surface area contributed by atoms with Gasteiger partial charge in [0.15, 0.2) is 0 Å². The third-order valence-electron chi connectivity index (χ3n) is 3.19. The number of benzene rings is 1. The van der Waals surface area contributed by atoms with Crippen LogP contribution in [0, 0.1) is 5.82 Å². The molecule has 1 unspecified atom stereocenters. The zero-order chi connectivity index (χ0) is 15.6. The van der Waals surface area contributed by atoms with Gasteiger partial charge in [-0.05, 0) is 38.5 Å². The van der Waals surface area contributed by atoms with Gasteiger partial charge in [-0.2, -0.15) is 0 Å². The minimum absolute atomic E-state index is 0.262. The smallest absolute Gasteiger partial charge is 0.410 e. The Balaban J connectivity index is 2.24. The van der Waals surface area contributed by atoms with E-state index in [0.29, 0.717) is 24.7 Å². The van der Waals surface area contributed by atoms with Gasteiger partial charge in [-0.3, -0.25) is 4.90 Å². The van der Waals surface area contributed by atoms with Crippen molar-refractivity contribution < 1.29 is 13.9 Å². The largest absolute Gasteiger partial charge is 0.444 e. The predicted octanol–water partition coefficient (Wildman–Crippen LogP) is 3.36. The number of rotatable bonds is 1. The lowest BCUT2D eigenvalue weighted by Gasteiger charge is -2.37. The van der Waals surface area contributed by atoms with Crippen LogP contribution >= 0.6 is 11.6 Å². The summed E-state index contributed by atoms with van der Waals surface area (Å²) in [6.45, 7) is 7.25. The summed E-state index contributed by atoms with van der Waals surface area (Å²) in [5.41, 5.74) is 0.162. The van der Waals surface area contributed by atoms with Crippen LogP contribution in [-0.2, 0) is 4.74 Å². The topological polar surface area (TPSA) is 41.6 Å². The monoisotopic (exact) mass is 314 g/mol. The maximum Gasteiger partial charge on any atom is 0.410 e. The highest BCUT2D eigenvalue weighted by molar-refractivity contribution is 6.31. The minimum atomic E-state index is -0.556. The van der Waals surface area contributed by atoms with Gasteiger partial charge in [0.05, 0.1) is 6.04 Å². The lowest BCUT2D eigenvalue weighted by Crippen LogP contribution is -2.50. The van der Waals surface area contributed by atoms with Gasteiger partial charge in [0, 0.05) is 24.7 Å². The van der Waals surface area contributed by atoms with Crippen LogP contribution in [0.5, 0.6) is 0 Å². The number of hydrogen-bond acceptors (Lipinski definition) is 3. The summed E-state index contributed by atoms with van der Waals surface area (Å²) in [6.07, 6.45) is -0.380. The second-order valence-electron chi connectivity index (χ2n) is 6.06. The summed E-state index contributed by atoms with van der Waals surface area (Å²) in [4.78, 5) is 14.0. The molecule has 0 spiro atoms. The molecule has 2 rings (SSSR count). The average molecular weight is 315 g/mol. The van der Waals surface area contributed by atoms with E-state index in [1.165, 1.54) is 12.1 Å². The van der Waals surface area contributed by atoms with Gasteiger partial charge in [0.25, 0.3) is 0 Å².